The number of hydrogen-bond donors (Lipinski definition) is 0. The zero-order chi connectivity index (χ0) is 13.9. The van der Waals surface area contributed by atoms with Gasteiger partial charge in [0.05, 0.1) is 5.56 Å². The number of benzene rings is 1. The van der Waals surface area contributed by atoms with Gasteiger partial charge in [0.1, 0.15) is 0 Å². The second-order valence-electron chi connectivity index (χ2n) is 4.57. The summed E-state index contributed by atoms with van der Waals surface area (Å²) < 4.78 is 5.76. The van der Waals surface area contributed by atoms with Gasteiger partial charge >= 0.3 is 0 Å². The third-order valence-corrected chi connectivity index (χ3v) is 3.09. The van der Waals surface area contributed by atoms with Crippen molar-refractivity contribution in [3.8, 4) is 11.5 Å². The average Bonchev–Trinajstić information content (AvgIpc) is 2.92. The van der Waals surface area contributed by atoms with Crippen LogP contribution in [0.4, 0.5) is 0 Å². The van der Waals surface area contributed by atoms with Gasteiger partial charge in [0.25, 0.3) is 0 Å². The molecule has 3 rings (SSSR count). The van der Waals surface area contributed by atoms with Crippen LogP contribution in [-0.2, 0) is 0 Å². The van der Waals surface area contributed by atoms with Gasteiger partial charge in [-0.25, -0.2) is 4.98 Å². The molecular formula is C16H14N2O2. The molecular weight excluding hydrogens is 252 g/mol. The highest BCUT2D eigenvalue weighted by Gasteiger charge is 2.16. The summed E-state index contributed by atoms with van der Waals surface area (Å²) in [6.07, 6.45) is 2.91. The fourth-order valence-corrected chi connectivity index (χ4v) is 2.12. The van der Waals surface area contributed by atoms with Crippen molar-refractivity contribution < 1.29 is 9.21 Å². The molecule has 0 radical (unpaired) electrons. The van der Waals surface area contributed by atoms with Crippen molar-refractivity contribution in [2.75, 3.05) is 0 Å². The molecule has 0 saturated heterocycles. The van der Waals surface area contributed by atoms with Gasteiger partial charge in [0, 0.05) is 18.2 Å². The summed E-state index contributed by atoms with van der Waals surface area (Å²) in [5.41, 5.74) is 2.39. The number of aromatic nitrogens is 2. The molecule has 0 amide bonds. The molecule has 20 heavy (non-hydrogen) atoms. The minimum atomic E-state index is 0.0654. The second-order valence-corrected chi connectivity index (χ2v) is 4.57. The summed E-state index contributed by atoms with van der Waals surface area (Å²) in [6, 6.07) is 11.3. The van der Waals surface area contributed by atoms with Crippen LogP contribution in [0, 0.1) is 0 Å². The Balaban J connectivity index is 2.12. The number of nitrogens with zero attached hydrogens (tertiary/aromatic N) is 2. The van der Waals surface area contributed by atoms with E-state index in [9.17, 15) is 4.79 Å². The Kier molecular flexibility index (Phi) is 3.29. The number of carbonyl (C=O) groups is 1. The maximum absolute atomic E-state index is 12.1. The zero-order valence-corrected chi connectivity index (χ0v) is 11.2. The van der Waals surface area contributed by atoms with E-state index in [1.807, 2.05) is 37.3 Å². The van der Waals surface area contributed by atoms with Crippen molar-refractivity contribution >= 4 is 17.0 Å². The molecule has 2 heterocycles. The van der Waals surface area contributed by atoms with Crippen LogP contribution in [0.2, 0.25) is 0 Å². The lowest BCUT2D eigenvalue weighted by molar-refractivity contribution is 0.0982. The largest absolute Gasteiger partial charge is 0.434 e. The van der Waals surface area contributed by atoms with E-state index in [-0.39, 0.29) is 5.78 Å². The molecule has 0 saturated carbocycles. The molecule has 0 aliphatic heterocycles. The lowest BCUT2D eigenvalue weighted by Crippen LogP contribution is -1.98. The highest BCUT2D eigenvalue weighted by Crippen LogP contribution is 2.25. The normalized spacial score (nSPS) is 10.8. The molecule has 3 aromatic rings. The monoisotopic (exact) mass is 266 g/mol. The molecule has 0 fully saturated rings. The van der Waals surface area contributed by atoms with Crippen molar-refractivity contribution in [3.63, 3.8) is 0 Å². The Morgan fingerprint density at radius 1 is 1.20 bits per heavy atom. The summed E-state index contributed by atoms with van der Waals surface area (Å²) in [4.78, 5) is 20.6. The lowest BCUT2D eigenvalue weighted by Gasteiger charge is -1.98. The van der Waals surface area contributed by atoms with E-state index in [4.69, 9.17) is 4.42 Å². The van der Waals surface area contributed by atoms with Crippen LogP contribution < -0.4 is 0 Å². The summed E-state index contributed by atoms with van der Waals surface area (Å²) in [6.45, 7) is 1.98. The quantitative estimate of drug-likeness (QED) is 0.672. The maximum atomic E-state index is 12.1. The smallest absolute Gasteiger partial charge is 0.228 e. The van der Waals surface area contributed by atoms with Crippen LogP contribution in [0.1, 0.15) is 30.1 Å². The van der Waals surface area contributed by atoms with Crippen molar-refractivity contribution in [1.29, 1.82) is 0 Å². The van der Waals surface area contributed by atoms with Crippen LogP contribution in [-0.4, -0.2) is 15.8 Å². The first-order valence-corrected chi connectivity index (χ1v) is 6.63. The number of hydrogen-bond acceptors (Lipinski definition) is 4. The molecule has 0 bridgehead atoms. The summed E-state index contributed by atoms with van der Waals surface area (Å²) in [5.74, 6) is 0.556. The number of pyridine rings is 1. The lowest BCUT2D eigenvalue weighted by atomic mass is 10.1. The molecule has 0 atom stereocenters. The van der Waals surface area contributed by atoms with Crippen LogP contribution in [0.25, 0.3) is 22.7 Å². The fourth-order valence-electron chi connectivity index (χ4n) is 2.12. The topological polar surface area (TPSA) is 56.0 Å². The zero-order valence-electron chi connectivity index (χ0n) is 11.2. The highest BCUT2D eigenvalue weighted by molar-refractivity contribution is 6.04. The standard InChI is InChI=1S/C16H14N2O2/c1-2-6-13(19)12-9-10-17-15-14(12)20-16(18-15)11-7-4-3-5-8-11/h3-5,7-10H,2,6H2,1H3. The Morgan fingerprint density at radius 3 is 2.75 bits per heavy atom. The first kappa shape index (κ1) is 12.5. The van der Waals surface area contributed by atoms with Crippen molar-refractivity contribution in [1.82, 2.24) is 9.97 Å². The number of oxazole rings is 1. The van der Waals surface area contributed by atoms with Gasteiger partial charge in [-0.05, 0) is 24.6 Å². The maximum Gasteiger partial charge on any atom is 0.228 e. The predicted octanol–water partition coefficient (Wildman–Crippen LogP) is 3.87. The van der Waals surface area contributed by atoms with Gasteiger partial charge in [0.2, 0.25) is 5.89 Å². The van der Waals surface area contributed by atoms with Crippen LogP contribution in [0.5, 0.6) is 0 Å². The Morgan fingerprint density at radius 2 is 2.00 bits per heavy atom. The number of rotatable bonds is 4. The fraction of sp³-hybridized carbons (Fsp3) is 0.188. The molecule has 0 unspecified atom stereocenters. The summed E-state index contributed by atoms with van der Waals surface area (Å²) in [5, 5.41) is 0. The molecule has 2 aromatic heterocycles. The first-order chi connectivity index (χ1) is 9.79. The third-order valence-electron chi connectivity index (χ3n) is 3.09. The Labute approximate surface area is 116 Å². The van der Waals surface area contributed by atoms with Crippen LogP contribution >= 0.6 is 0 Å². The Hall–Kier alpha value is -2.49. The van der Waals surface area contributed by atoms with E-state index >= 15 is 0 Å². The number of carbonyl (C=O) groups excluding carboxylic acids is 1. The van der Waals surface area contributed by atoms with Gasteiger partial charge in [-0.3, -0.25) is 4.79 Å². The van der Waals surface area contributed by atoms with E-state index in [1.165, 1.54) is 0 Å². The van der Waals surface area contributed by atoms with E-state index in [1.54, 1.807) is 12.3 Å². The van der Waals surface area contributed by atoms with Gasteiger partial charge in [-0.15, -0.1) is 0 Å². The molecule has 4 nitrogen and oxygen atoms in total. The number of fused-ring (bicyclic) bond motifs is 1. The van der Waals surface area contributed by atoms with E-state index in [2.05, 4.69) is 9.97 Å². The van der Waals surface area contributed by atoms with Gasteiger partial charge in [-0.2, -0.15) is 4.98 Å². The van der Waals surface area contributed by atoms with E-state index < -0.39 is 0 Å². The molecule has 0 aliphatic rings. The number of Topliss-reactive ketones (excluding diaryl/α,β-unsaturated/α-hetero) is 1. The summed E-state index contributed by atoms with van der Waals surface area (Å²) in [7, 11) is 0. The average molecular weight is 266 g/mol. The SMILES string of the molecule is CCCC(=O)c1ccnc2nc(-c3ccccc3)oc12. The van der Waals surface area contributed by atoms with Gasteiger partial charge in [-0.1, -0.05) is 25.1 Å². The second kappa shape index (κ2) is 5.25. The van der Waals surface area contributed by atoms with Crippen molar-refractivity contribution in [2.24, 2.45) is 0 Å². The van der Waals surface area contributed by atoms with E-state index in [0.717, 1.165) is 12.0 Å². The van der Waals surface area contributed by atoms with Crippen molar-refractivity contribution in [3.05, 3.63) is 48.2 Å². The molecule has 100 valence electrons. The molecule has 0 spiro atoms. The third kappa shape index (κ3) is 2.20. The van der Waals surface area contributed by atoms with Gasteiger partial charge in [0.15, 0.2) is 17.0 Å². The van der Waals surface area contributed by atoms with E-state index in [0.29, 0.717) is 29.1 Å². The Bertz CT molecular complexity index is 748. The van der Waals surface area contributed by atoms with Crippen LogP contribution in [0.15, 0.2) is 47.0 Å². The van der Waals surface area contributed by atoms with Crippen LogP contribution in [0.3, 0.4) is 0 Å². The van der Waals surface area contributed by atoms with Crippen molar-refractivity contribution in [2.45, 2.75) is 19.8 Å². The molecule has 1 aromatic carbocycles. The molecule has 0 N–H and O–H groups in total. The van der Waals surface area contributed by atoms with Gasteiger partial charge < -0.3 is 4.42 Å². The summed E-state index contributed by atoms with van der Waals surface area (Å²) >= 11 is 0. The highest BCUT2D eigenvalue weighted by atomic mass is 16.3. The first-order valence-electron chi connectivity index (χ1n) is 6.63. The predicted molar refractivity (Wildman–Crippen MR) is 76.5 cm³/mol. The molecule has 4 heteroatoms. The minimum absolute atomic E-state index is 0.0654. The minimum Gasteiger partial charge on any atom is -0.434 e. The molecule has 0 aliphatic carbocycles. The number of ketones is 1.